The van der Waals surface area contributed by atoms with Gasteiger partial charge in [0.05, 0.1) is 33.0 Å². The Morgan fingerprint density at radius 3 is 2.52 bits per heavy atom. The van der Waals surface area contributed by atoms with Gasteiger partial charge >= 0.3 is 0 Å². The lowest BCUT2D eigenvalue weighted by atomic mass is 9.97. The van der Waals surface area contributed by atoms with Gasteiger partial charge in [-0.15, -0.1) is 11.3 Å². The van der Waals surface area contributed by atoms with E-state index < -0.39 is 0 Å². The molecule has 0 radical (unpaired) electrons. The molecular weight excluding hydrogens is 334 g/mol. The first-order chi connectivity index (χ1) is 11.2. The Labute approximate surface area is 144 Å². The van der Waals surface area contributed by atoms with E-state index in [2.05, 4.69) is 4.98 Å². The van der Waals surface area contributed by atoms with Gasteiger partial charge in [-0.2, -0.15) is 0 Å². The molecule has 2 aromatic rings. The lowest BCUT2D eigenvalue weighted by Crippen LogP contribution is -2.26. The summed E-state index contributed by atoms with van der Waals surface area (Å²) in [5, 5.41) is 10.4. The molecule has 23 heavy (non-hydrogen) atoms. The van der Waals surface area contributed by atoms with Crippen molar-refractivity contribution < 1.29 is 19.3 Å². The summed E-state index contributed by atoms with van der Waals surface area (Å²) in [6.07, 6.45) is 3.95. The van der Waals surface area contributed by atoms with Crippen LogP contribution in [0.5, 0.6) is 17.2 Å². The highest BCUT2D eigenvalue weighted by Gasteiger charge is 2.26. The lowest BCUT2D eigenvalue weighted by molar-refractivity contribution is 0.137. The van der Waals surface area contributed by atoms with Gasteiger partial charge in [-0.1, -0.05) is 24.6 Å². The number of aliphatic hydroxyl groups excluding tert-OH is 1. The van der Waals surface area contributed by atoms with Crippen LogP contribution in [-0.4, -0.2) is 42.8 Å². The molecule has 1 aromatic carbocycles. The second-order valence-electron chi connectivity index (χ2n) is 5.48. The van der Waals surface area contributed by atoms with E-state index in [0.717, 1.165) is 33.8 Å². The zero-order chi connectivity index (χ0) is 16.4. The summed E-state index contributed by atoms with van der Waals surface area (Å²) in [6.45, 7) is 0. The highest BCUT2D eigenvalue weighted by molar-refractivity contribution is 8.01. The van der Waals surface area contributed by atoms with E-state index >= 15 is 0 Å². The molecule has 0 bridgehead atoms. The molecule has 1 aromatic heterocycles. The van der Waals surface area contributed by atoms with E-state index in [1.807, 2.05) is 6.07 Å². The fourth-order valence-corrected chi connectivity index (χ4v) is 5.50. The number of nitrogens with zero attached hydrogens (tertiary/aromatic N) is 1. The van der Waals surface area contributed by atoms with Crippen LogP contribution in [0.15, 0.2) is 10.4 Å². The van der Waals surface area contributed by atoms with Crippen LogP contribution in [0.2, 0.25) is 0 Å². The van der Waals surface area contributed by atoms with Gasteiger partial charge in [0.25, 0.3) is 0 Å². The maximum atomic E-state index is 10.2. The molecular formula is C16H21NO4S2. The molecule has 1 aliphatic carbocycles. The largest absolute Gasteiger partial charge is 0.493 e. The molecule has 3 rings (SSSR count). The zero-order valence-corrected chi connectivity index (χ0v) is 15.1. The van der Waals surface area contributed by atoms with Crippen LogP contribution in [0, 0.1) is 0 Å². The predicted molar refractivity (Wildman–Crippen MR) is 93.4 cm³/mol. The second-order valence-corrected chi connectivity index (χ2v) is 7.97. The van der Waals surface area contributed by atoms with Gasteiger partial charge in [0.15, 0.2) is 15.8 Å². The van der Waals surface area contributed by atoms with Crippen LogP contribution in [0.4, 0.5) is 0 Å². The fraction of sp³-hybridized carbons (Fsp3) is 0.562. The minimum Gasteiger partial charge on any atom is -0.493 e. The van der Waals surface area contributed by atoms with Crippen LogP contribution in [0.3, 0.4) is 0 Å². The number of aromatic nitrogens is 1. The maximum Gasteiger partial charge on any atom is 0.204 e. The summed E-state index contributed by atoms with van der Waals surface area (Å²) < 4.78 is 18.2. The summed E-state index contributed by atoms with van der Waals surface area (Å²) >= 11 is 3.24. The Bertz CT molecular complexity index is 688. The smallest absolute Gasteiger partial charge is 0.204 e. The van der Waals surface area contributed by atoms with E-state index in [0.29, 0.717) is 17.2 Å². The summed E-state index contributed by atoms with van der Waals surface area (Å²) in [5.41, 5.74) is 0.831. The average Bonchev–Trinajstić information content (AvgIpc) is 2.97. The number of rotatable bonds is 5. The molecule has 0 saturated heterocycles. The first-order valence-electron chi connectivity index (χ1n) is 7.62. The third-order valence-corrected chi connectivity index (χ3v) is 6.63. The first-order valence-corrected chi connectivity index (χ1v) is 9.31. The number of benzene rings is 1. The quantitative estimate of drug-likeness (QED) is 0.882. The molecule has 5 nitrogen and oxygen atoms in total. The number of thioether (sulfide) groups is 1. The van der Waals surface area contributed by atoms with E-state index in [1.54, 1.807) is 44.4 Å². The van der Waals surface area contributed by atoms with Gasteiger partial charge in [-0.05, 0) is 12.8 Å². The van der Waals surface area contributed by atoms with Crippen LogP contribution in [0.25, 0.3) is 10.2 Å². The number of methoxy groups -OCH3 is 3. The molecule has 0 aliphatic heterocycles. The van der Waals surface area contributed by atoms with E-state index in [1.165, 1.54) is 6.42 Å². The molecule has 1 heterocycles. The number of fused-ring (bicyclic) bond motifs is 1. The molecule has 7 heteroatoms. The summed E-state index contributed by atoms with van der Waals surface area (Å²) in [4.78, 5) is 4.69. The van der Waals surface area contributed by atoms with Gasteiger partial charge in [0.1, 0.15) is 4.70 Å². The van der Waals surface area contributed by atoms with Gasteiger partial charge in [0, 0.05) is 11.3 Å². The Hall–Kier alpha value is -1.18. The summed E-state index contributed by atoms with van der Waals surface area (Å²) in [7, 11) is 4.82. The SMILES string of the molecule is COc1cc2nc(SC3CCCCC3O)sc2c(OC)c1OC. The van der Waals surface area contributed by atoms with Crippen molar-refractivity contribution in [3.8, 4) is 17.2 Å². The molecule has 1 N–H and O–H groups in total. The molecule has 0 spiro atoms. The van der Waals surface area contributed by atoms with Gasteiger partial charge in [-0.25, -0.2) is 4.98 Å². The Morgan fingerprint density at radius 2 is 1.87 bits per heavy atom. The van der Waals surface area contributed by atoms with E-state index in [-0.39, 0.29) is 11.4 Å². The van der Waals surface area contributed by atoms with Gasteiger partial charge < -0.3 is 19.3 Å². The molecule has 1 aliphatic rings. The van der Waals surface area contributed by atoms with Crippen molar-refractivity contribution >= 4 is 33.3 Å². The number of aliphatic hydroxyl groups is 1. The normalized spacial score (nSPS) is 21.4. The minimum atomic E-state index is -0.244. The van der Waals surface area contributed by atoms with Gasteiger partial charge in [0.2, 0.25) is 5.75 Å². The Balaban J connectivity index is 1.97. The number of hydrogen-bond acceptors (Lipinski definition) is 7. The summed E-state index contributed by atoms with van der Waals surface area (Å²) in [5.74, 6) is 1.84. The average molecular weight is 355 g/mol. The number of thiazole rings is 1. The monoisotopic (exact) mass is 355 g/mol. The van der Waals surface area contributed by atoms with Crippen LogP contribution in [0.1, 0.15) is 25.7 Å². The maximum absolute atomic E-state index is 10.2. The first kappa shape index (κ1) is 16.7. The molecule has 2 atom stereocenters. The van der Waals surface area contributed by atoms with Gasteiger partial charge in [-0.3, -0.25) is 0 Å². The Kier molecular flexibility index (Phi) is 5.18. The van der Waals surface area contributed by atoms with Crippen LogP contribution < -0.4 is 14.2 Å². The molecule has 1 fully saturated rings. The fourth-order valence-electron chi connectivity index (χ4n) is 2.90. The molecule has 2 unspecified atom stereocenters. The predicted octanol–water partition coefficient (Wildman–Crippen LogP) is 3.72. The van der Waals surface area contributed by atoms with Crippen molar-refractivity contribution in [1.29, 1.82) is 0 Å². The zero-order valence-electron chi connectivity index (χ0n) is 13.5. The van der Waals surface area contributed by atoms with Crippen molar-refractivity contribution in [3.05, 3.63) is 6.07 Å². The topological polar surface area (TPSA) is 60.8 Å². The van der Waals surface area contributed by atoms with Crippen molar-refractivity contribution in [2.24, 2.45) is 0 Å². The second kappa shape index (κ2) is 7.15. The number of hydrogen-bond donors (Lipinski definition) is 1. The third kappa shape index (κ3) is 3.22. The molecule has 1 saturated carbocycles. The highest BCUT2D eigenvalue weighted by Crippen LogP contribution is 2.47. The standard InChI is InChI=1S/C16H21NO4S2/c1-19-11-8-9-15(14(21-3)13(11)20-2)23-16(17-9)22-12-7-5-4-6-10(12)18/h8,10,12,18H,4-7H2,1-3H3. The molecule has 0 amide bonds. The van der Waals surface area contributed by atoms with Crippen molar-refractivity contribution in [3.63, 3.8) is 0 Å². The van der Waals surface area contributed by atoms with Crippen LogP contribution in [-0.2, 0) is 0 Å². The van der Waals surface area contributed by atoms with E-state index in [9.17, 15) is 5.11 Å². The lowest BCUT2D eigenvalue weighted by Gasteiger charge is -2.25. The Morgan fingerprint density at radius 1 is 1.13 bits per heavy atom. The highest BCUT2D eigenvalue weighted by atomic mass is 32.2. The van der Waals surface area contributed by atoms with Crippen molar-refractivity contribution in [2.75, 3.05) is 21.3 Å². The minimum absolute atomic E-state index is 0.221. The van der Waals surface area contributed by atoms with E-state index in [4.69, 9.17) is 14.2 Å². The van der Waals surface area contributed by atoms with Crippen molar-refractivity contribution in [1.82, 2.24) is 4.98 Å². The third-order valence-electron chi connectivity index (χ3n) is 4.09. The van der Waals surface area contributed by atoms with Crippen molar-refractivity contribution in [2.45, 2.75) is 41.4 Å². The molecule has 126 valence electrons. The number of ether oxygens (including phenoxy) is 3. The van der Waals surface area contributed by atoms with Crippen LogP contribution >= 0.6 is 23.1 Å². The summed E-state index contributed by atoms with van der Waals surface area (Å²) in [6, 6.07) is 1.87.